The maximum atomic E-state index is 13.5. The van der Waals surface area contributed by atoms with Crippen LogP contribution in [0.3, 0.4) is 0 Å². The molecule has 0 spiro atoms. The van der Waals surface area contributed by atoms with Gasteiger partial charge in [0.1, 0.15) is 39.3 Å². The quantitative estimate of drug-likeness (QED) is 0.160. The predicted molar refractivity (Wildman–Crippen MR) is 203 cm³/mol. The molecule has 6 fully saturated rings. The van der Waals surface area contributed by atoms with Gasteiger partial charge in [-0.15, -0.1) is 0 Å². The van der Waals surface area contributed by atoms with E-state index in [0.717, 1.165) is 33.3 Å². The number of carbonyl (C=O) groups is 4. The average molecular weight is 829 g/mol. The van der Waals surface area contributed by atoms with Crippen molar-refractivity contribution in [2.75, 3.05) is 23.0 Å². The molecule has 12 atom stereocenters. The summed E-state index contributed by atoms with van der Waals surface area (Å²) in [5, 5.41) is 50.2. The minimum atomic E-state index is -1.21. The van der Waals surface area contributed by atoms with Crippen molar-refractivity contribution in [3.05, 3.63) is 41.2 Å². The third-order valence-corrected chi connectivity index (χ3v) is 14.8. The lowest BCUT2D eigenvalue weighted by molar-refractivity contribution is -0.140. The average Bonchev–Trinajstić information content (AvgIpc) is 4.08. The minimum absolute atomic E-state index is 0.181. The number of nitriles is 1. The summed E-state index contributed by atoms with van der Waals surface area (Å²) in [6.07, 6.45) is -1.47. The zero-order valence-electron chi connectivity index (χ0n) is 31.4. The largest absolute Gasteiger partial charge is 0.396 e. The molecule has 2 aromatic heterocycles. The molecule has 2 aromatic carbocycles. The Morgan fingerprint density at radius 1 is 0.759 bits per heavy atom. The smallest absolute Gasteiger partial charge is 0.240 e. The molecule has 4 N–H and O–H groups in total. The third kappa shape index (κ3) is 4.59. The summed E-state index contributed by atoms with van der Waals surface area (Å²) in [6.45, 7) is 13.6. The van der Waals surface area contributed by atoms with Gasteiger partial charge in [0.15, 0.2) is 0 Å². The number of ether oxygens (including phenoxy) is 2. The first-order chi connectivity index (χ1) is 27.6. The SMILES string of the molecule is CC(CO)C12C[C@H](O)C(C)(O1)[C@@H]1C(=O)N(c3ccc(C#N)c4nsnc34)C(=O)[C@@H]12.[C-]#[N+]c1ccc(N2C(=O)[C@@H]3[C@H](C2=O)C2(C)OC3(C(C)CO)C[C@H]2O)c2nsnc12. The van der Waals surface area contributed by atoms with Crippen LogP contribution in [0.15, 0.2) is 24.3 Å². The number of fused-ring (bicyclic) bond motifs is 12. The number of anilines is 2. The Kier molecular flexibility index (Phi) is 8.52. The lowest BCUT2D eigenvalue weighted by Gasteiger charge is -2.36. The van der Waals surface area contributed by atoms with Crippen molar-refractivity contribution < 1.29 is 49.1 Å². The second-order valence-electron chi connectivity index (χ2n) is 16.4. The molecule has 58 heavy (non-hydrogen) atoms. The lowest BCUT2D eigenvalue weighted by atomic mass is 9.63. The van der Waals surface area contributed by atoms with E-state index >= 15 is 0 Å². The normalized spacial score (nSPS) is 36.7. The highest BCUT2D eigenvalue weighted by molar-refractivity contribution is 7.00. The van der Waals surface area contributed by atoms with Crippen LogP contribution in [0.5, 0.6) is 0 Å². The second-order valence-corrected chi connectivity index (χ2v) is 17.5. The monoisotopic (exact) mass is 828 g/mol. The molecule has 4 bridgehead atoms. The van der Waals surface area contributed by atoms with Gasteiger partial charge >= 0.3 is 0 Å². The Morgan fingerprint density at radius 2 is 1.17 bits per heavy atom. The fourth-order valence-corrected chi connectivity index (χ4v) is 11.8. The number of nitrogens with zero attached hydrogens (tertiary/aromatic N) is 8. The van der Waals surface area contributed by atoms with Crippen molar-refractivity contribution in [2.24, 2.45) is 35.5 Å². The van der Waals surface area contributed by atoms with Gasteiger partial charge in [-0.1, -0.05) is 19.9 Å². The number of carbonyl (C=O) groups excluding carboxylic acids is 4. The first kappa shape index (κ1) is 38.6. The van der Waals surface area contributed by atoms with Crippen LogP contribution in [0.25, 0.3) is 26.9 Å². The van der Waals surface area contributed by atoms with Gasteiger partial charge in [-0.05, 0) is 32.0 Å². The maximum Gasteiger partial charge on any atom is 0.240 e. The van der Waals surface area contributed by atoms with E-state index < -0.39 is 93.7 Å². The van der Waals surface area contributed by atoms with E-state index in [1.807, 2.05) is 6.07 Å². The zero-order valence-corrected chi connectivity index (χ0v) is 33.0. The molecule has 6 unspecified atom stereocenters. The highest BCUT2D eigenvalue weighted by atomic mass is 32.1. The summed E-state index contributed by atoms with van der Waals surface area (Å²) in [4.78, 5) is 59.6. The van der Waals surface area contributed by atoms with E-state index in [1.165, 1.54) is 24.3 Å². The molecule has 4 amide bonds. The summed E-state index contributed by atoms with van der Waals surface area (Å²) in [6, 6.07) is 8.14. The lowest BCUT2D eigenvalue weighted by Crippen LogP contribution is -2.51. The minimum Gasteiger partial charge on any atom is -0.396 e. The van der Waals surface area contributed by atoms with Crippen molar-refractivity contribution in [2.45, 2.75) is 75.1 Å². The first-order valence-corrected chi connectivity index (χ1v) is 20.1. The molecule has 0 saturated carbocycles. The van der Waals surface area contributed by atoms with Crippen LogP contribution in [0, 0.1) is 53.4 Å². The molecule has 8 heterocycles. The predicted octanol–water partition coefficient (Wildman–Crippen LogP) is 1.86. The topological polar surface area (TPSA) is 254 Å². The van der Waals surface area contributed by atoms with Crippen LogP contribution in [-0.2, 0) is 28.7 Å². The van der Waals surface area contributed by atoms with Crippen LogP contribution in [0.1, 0.15) is 46.1 Å². The van der Waals surface area contributed by atoms with E-state index in [-0.39, 0.29) is 37.4 Å². The van der Waals surface area contributed by atoms with Gasteiger partial charge in [0, 0.05) is 37.9 Å². The number of rotatable bonds is 6. The zero-order chi connectivity index (χ0) is 41.4. The standard InChI is InChI=1S/2C19H18N4O5S/c1-8(7-24)19-6-11(25)18(2,28-19)12-13(19)17(27)23(16(12)26)10-5-4-9(20-3)14-15(10)22-29-21-14;1-8(7-24)19-5-11(25)18(2,28-19)12-13(19)17(27)23(16(12)26)10-4-3-9(6-20)14-15(10)22-29-21-14/h4-5,8,11-13,24-25H,6-7H2,1-2H3;3-4,8,11-13,24-25H,5,7H2,1-2H3/t2*8?,11-,12-,13+,18?,19?/m10/s1. The molecule has 6 saturated heterocycles. The number of aliphatic hydroxyl groups is 4. The van der Waals surface area contributed by atoms with Crippen molar-refractivity contribution in [1.29, 1.82) is 5.26 Å². The van der Waals surface area contributed by atoms with Gasteiger partial charge in [0.25, 0.3) is 0 Å². The molecule has 0 radical (unpaired) electrons. The molecular formula is C38H36N8O10S2. The van der Waals surface area contributed by atoms with Crippen molar-refractivity contribution in [3.63, 3.8) is 0 Å². The van der Waals surface area contributed by atoms with Gasteiger partial charge in [0.05, 0.1) is 94.0 Å². The van der Waals surface area contributed by atoms with Crippen molar-refractivity contribution in [1.82, 2.24) is 17.5 Å². The molecular weight excluding hydrogens is 793 g/mol. The van der Waals surface area contributed by atoms with E-state index in [9.17, 15) is 44.9 Å². The van der Waals surface area contributed by atoms with Gasteiger partial charge in [-0.3, -0.25) is 19.2 Å². The Balaban J connectivity index is 0.000000150. The summed E-state index contributed by atoms with van der Waals surface area (Å²) in [7, 11) is 0. The van der Waals surface area contributed by atoms with E-state index in [1.54, 1.807) is 27.7 Å². The van der Waals surface area contributed by atoms with Gasteiger partial charge in [-0.25, -0.2) is 14.6 Å². The highest BCUT2D eigenvalue weighted by Gasteiger charge is 2.79. The summed E-state index contributed by atoms with van der Waals surface area (Å²) in [5.41, 5.74) is -2.11. The highest BCUT2D eigenvalue weighted by Crippen LogP contribution is 2.65. The maximum absolute atomic E-state index is 13.5. The van der Waals surface area contributed by atoms with Crippen molar-refractivity contribution >= 4 is 86.2 Å². The third-order valence-electron chi connectivity index (χ3n) is 13.8. The first-order valence-electron chi connectivity index (χ1n) is 18.6. The molecule has 6 aliphatic heterocycles. The number of aromatic nitrogens is 4. The van der Waals surface area contributed by atoms with E-state index in [0.29, 0.717) is 33.3 Å². The number of hydrogen-bond acceptors (Lipinski definition) is 17. The molecule has 0 aliphatic carbocycles. The number of imide groups is 2. The number of benzene rings is 2. The molecule has 20 heteroatoms. The molecule has 10 rings (SSSR count). The summed E-state index contributed by atoms with van der Waals surface area (Å²) in [5.74, 6) is -5.97. The summed E-state index contributed by atoms with van der Waals surface area (Å²) >= 11 is 1.81. The van der Waals surface area contributed by atoms with E-state index in [2.05, 4.69) is 22.3 Å². The van der Waals surface area contributed by atoms with Crippen LogP contribution in [0.2, 0.25) is 0 Å². The van der Waals surface area contributed by atoms with Crippen LogP contribution in [-0.4, -0.2) is 109 Å². The van der Waals surface area contributed by atoms with Gasteiger partial charge in [0.2, 0.25) is 29.3 Å². The molecule has 4 aromatic rings. The number of aliphatic hydroxyl groups excluding tert-OH is 4. The fraction of sp³-hybridized carbons (Fsp3) is 0.526. The Morgan fingerprint density at radius 3 is 1.62 bits per heavy atom. The van der Waals surface area contributed by atoms with Crippen LogP contribution >= 0.6 is 23.5 Å². The Bertz CT molecular complexity index is 2400. The second kappa shape index (κ2) is 12.8. The number of amides is 4. The number of hydrogen-bond donors (Lipinski definition) is 4. The van der Waals surface area contributed by atoms with Crippen LogP contribution in [0.4, 0.5) is 17.1 Å². The fourth-order valence-electron chi connectivity index (χ4n) is 10.7. The van der Waals surface area contributed by atoms with Gasteiger partial charge in [-0.2, -0.15) is 22.8 Å². The van der Waals surface area contributed by atoms with Gasteiger partial charge < -0.3 is 29.9 Å². The van der Waals surface area contributed by atoms with Crippen LogP contribution < -0.4 is 9.80 Å². The van der Waals surface area contributed by atoms with Crippen molar-refractivity contribution in [3.8, 4) is 6.07 Å². The molecule has 6 aliphatic rings. The molecule has 18 nitrogen and oxygen atoms in total. The Hall–Kier alpha value is -4.90. The molecule has 300 valence electrons. The van der Waals surface area contributed by atoms with E-state index in [4.69, 9.17) is 16.0 Å². The Labute approximate surface area is 338 Å². The summed E-state index contributed by atoms with van der Waals surface area (Å²) < 4.78 is 29.0.